The fraction of sp³-hybridized carbons (Fsp3) is 0.533. The zero-order chi connectivity index (χ0) is 13.7. The number of rotatable bonds is 5. The molecule has 1 amide bonds. The van der Waals surface area contributed by atoms with Gasteiger partial charge in [0, 0.05) is 24.2 Å². The Kier molecular flexibility index (Phi) is 4.93. The number of carbonyl (C=O) groups is 1. The van der Waals surface area contributed by atoms with Gasteiger partial charge in [0.1, 0.15) is 0 Å². The third-order valence-electron chi connectivity index (χ3n) is 3.54. The van der Waals surface area contributed by atoms with E-state index in [0.29, 0.717) is 12.1 Å². The Balaban J connectivity index is 1.87. The number of para-hydroxylation sites is 1. The largest absolute Gasteiger partial charge is 0.389 e. The molecule has 104 valence electrons. The van der Waals surface area contributed by atoms with E-state index < -0.39 is 6.10 Å². The molecule has 1 saturated heterocycles. The first-order valence-electron chi connectivity index (χ1n) is 6.96. The summed E-state index contributed by atoms with van der Waals surface area (Å²) in [6.07, 6.45) is 2.42. The summed E-state index contributed by atoms with van der Waals surface area (Å²) in [5.41, 5.74) is 1.47. The summed E-state index contributed by atoms with van der Waals surface area (Å²) in [5.74, 6) is 0.0139. The van der Waals surface area contributed by atoms with Gasteiger partial charge in [0.2, 0.25) is 5.91 Å². The summed E-state index contributed by atoms with van der Waals surface area (Å²) in [6.45, 7) is 4.74. The molecule has 0 saturated carbocycles. The lowest BCUT2D eigenvalue weighted by molar-refractivity contribution is -0.116. The molecule has 2 rings (SSSR count). The normalized spacial score (nSPS) is 17.4. The van der Waals surface area contributed by atoms with Crippen LogP contribution in [-0.2, 0) is 4.79 Å². The summed E-state index contributed by atoms with van der Waals surface area (Å²) >= 11 is 0. The molecule has 1 fully saturated rings. The van der Waals surface area contributed by atoms with Crippen molar-refractivity contribution in [2.24, 2.45) is 0 Å². The Morgan fingerprint density at radius 3 is 2.74 bits per heavy atom. The van der Waals surface area contributed by atoms with Crippen LogP contribution in [0, 0.1) is 0 Å². The molecule has 19 heavy (non-hydrogen) atoms. The maximum absolute atomic E-state index is 11.9. The average Bonchev–Trinajstić information content (AvgIpc) is 2.90. The molecule has 0 radical (unpaired) electrons. The topological polar surface area (TPSA) is 52.6 Å². The van der Waals surface area contributed by atoms with Crippen molar-refractivity contribution in [2.45, 2.75) is 32.3 Å². The minimum Gasteiger partial charge on any atom is -0.389 e. The van der Waals surface area contributed by atoms with Crippen LogP contribution in [0.25, 0.3) is 0 Å². The van der Waals surface area contributed by atoms with Crippen LogP contribution in [-0.4, -0.2) is 35.5 Å². The number of benzene rings is 1. The van der Waals surface area contributed by atoms with Crippen LogP contribution in [0.2, 0.25) is 0 Å². The first kappa shape index (κ1) is 14.0. The molecule has 1 unspecified atom stereocenters. The van der Waals surface area contributed by atoms with Gasteiger partial charge in [-0.25, -0.2) is 0 Å². The third kappa shape index (κ3) is 4.04. The predicted molar refractivity (Wildman–Crippen MR) is 76.0 cm³/mol. The Morgan fingerprint density at radius 2 is 2.05 bits per heavy atom. The molecule has 1 aliphatic heterocycles. The fourth-order valence-electron chi connectivity index (χ4n) is 2.45. The number of aliphatic hydroxyl groups excluding tert-OH is 1. The number of likely N-dealkylation sites (tertiary alicyclic amines) is 1. The highest BCUT2D eigenvalue weighted by Gasteiger charge is 2.14. The van der Waals surface area contributed by atoms with Gasteiger partial charge in [-0.05, 0) is 38.9 Å². The number of hydrogen-bond acceptors (Lipinski definition) is 3. The molecular formula is C15H22N2O2. The van der Waals surface area contributed by atoms with E-state index in [0.717, 1.165) is 25.2 Å². The first-order chi connectivity index (χ1) is 9.16. The van der Waals surface area contributed by atoms with Crippen molar-refractivity contribution in [3.05, 3.63) is 29.8 Å². The number of nitrogens with one attached hydrogen (secondary N) is 1. The van der Waals surface area contributed by atoms with E-state index in [9.17, 15) is 9.90 Å². The Labute approximate surface area is 114 Å². The molecule has 0 aromatic heterocycles. The molecule has 1 heterocycles. The van der Waals surface area contributed by atoms with Crippen molar-refractivity contribution in [1.82, 2.24) is 4.90 Å². The summed E-state index contributed by atoms with van der Waals surface area (Å²) < 4.78 is 0. The SMILES string of the molecule is CC(O)c1ccccc1NC(=O)CCN1CCCC1. The van der Waals surface area contributed by atoms with Gasteiger partial charge >= 0.3 is 0 Å². The summed E-state index contributed by atoms with van der Waals surface area (Å²) in [5, 5.41) is 12.6. The smallest absolute Gasteiger partial charge is 0.225 e. The van der Waals surface area contributed by atoms with Gasteiger partial charge in [-0.3, -0.25) is 4.79 Å². The number of amides is 1. The van der Waals surface area contributed by atoms with Crippen LogP contribution in [0.15, 0.2) is 24.3 Å². The highest BCUT2D eigenvalue weighted by Crippen LogP contribution is 2.22. The van der Waals surface area contributed by atoms with E-state index >= 15 is 0 Å². The van der Waals surface area contributed by atoms with E-state index in [2.05, 4.69) is 10.2 Å². The number of nitrogens with zero attached hydrogens (tertiary/aromatic N) is 1. The van der Waals surface area contributed by atoms with Crippen LogP contribution < -0.4 is 5.32 Å². The van der Waals surface area contributed by atoms with Gasteiger partial charge < -0.3 is 15.3 Å². The molecule has 0 bridgehead atoms. The third-order valence-corrected chi connectivity index (χ3v) is 3.54. The van der Waals surface area contributed by atoms with E-state index in [1.54, 1.807) is 6.92 Å². The minimum atomic E-state index is -0.574. The van der Waals surface area contributed by atoms with Crippen molar-refractivity contribution >= 4 is 11.6 Å². The van der Waals surface area contributed by atoms with Crippen molar-refractivity contribution in [3.8, 4) is 0 Å². The summed E-state index contributed by atoms with van der Waals surface area (Å²) in [7, 11) is 0. The fourth-order valence-corrected chi connectivity index (χ4v) is 2.45. The van der Waals surface area contributed by atoms with Crippen LogP contribution in [0.4, 0.5) is 5.69 Å². The van der Waals surface area contributed by atoms with Gasteiger partial charge in [-0.2, -0.15) is 0 Å². The van der Waals surface area contributed by atoms with Gasteiger partial charge in [-0.1, -0.05) is 18.2 Å². The molecule has 1 aliphatic rings. The maximum atomic E-state index is 11.9. The van der Waals surface area contributed by atoms with Gasteiger partial charge in [-0.15, -0.1) is 0 Å². The second kappa shape index (κ2) is 6.68. The second-order valence-corrected chi connectivity index (χ2v) is 5.11. The van der Waals surface area contributed by atoms with Gasteiger partial charge in [0.15, 0.2) is 0 Å². The lowest BCUT2D eigenvalue weighted by Crippen LogP contribution is -2.25. The van der Waals surface area contributed by atoms with Crippen LogP contribution >= 0.6 is 0 Å². The number of hydrogen-bond donors (Lipinski definition) is 2. The lowest BCUT2D eigenvalue weighted by atomic mass is 10.1. The Hall–Kier alpha value is -1.39. The van der Waals surface area contributed by atoms with Crippen molar-refractivity contribution in [3.63, 3.8) is 0 Å². The monoisotopic (exact) mass is 262 g/mol. The average molecular weight is 262 g/mol. The molecule has 1 atom stereocenters. The lowest BCUT2D eigenvalue weighted by Gasteiger charge is -2.16. The van der Waals surface area contributed by atoms with E-state index in [4.69, 9.17) is 0 Å². The predicted octanol–water partition coefficient (Wildman–Crippen LogP) is 2.16. The first-order valence-corrected chi connectivity index (χ1v) is 6.96. The van der Waals surface area contributed by atoms with E-state index in [-0.39, 0.29) is 5.91 Å². The van der Waals surface area contributed by atoms with Crippen molar-refractivity contribution < 1.29 is 9.90 Å². The molecule has 1 aromatic carbocycles. The van der Waals surface area contributed by atoms with E-state index in [1.165, 1.54) is 12.8 Å². The zero-order valence-electron chi connectivity index (χ0n) is 11.4. The second-order valence-electron chi connectivity index (χ2n) is 5.11. The van der Waals surface area contributed by atoms with Crippen molar-refractivity contribution in [1.29, 1.82) is 0 Å². The van der Waals surface area contributed by atoms with Crippen molar-refractivity contribution in [2.75, 3.05) is 25.0 Å². The number of carbonyl (C=O) groups excluding carboxylic acids is 1. The molecular weight excluding hydrogens is 240 g/mol. The highest BCUT2D eigenvalue weighted by molar-refractivity contribution is 5.91. The summed E-state index contributed by atoms with van der Waals surface area (Å²) in [6, 6.07) is 7.39. The highest BCUT2D eigenvalue weighted by atomic mass is 16.3. The standard InChI is InChI=1S/C15H22N2O2/c1-12(18)13-6-2-3-7-14(13)16-15(19)8-11-17-9-4-5-10-17/h2-3,6-7,12,18H,4-5,8-11H2,1H3,(H,16,19). The maximum Gasteiger partial charge on any atom is 0.225 e. The molecule has 4 heteroatoms. The quantitative estimate of drug-likeness (QED) is 0.855. The molecule has 2 N–H and O–H groups in total. The van der Waals surface area contributed by atoms with Gasteiger partial charge in [0.05, 0.1) is 6.10 Å². The van der Waals surface area contributed by atoms with Gasteiger partial charge in [0.25, 0.3) is 0 Å². The Bertz CT molecular complexity index is 426. The van der Waals surface area contributed by atoms with Crippen LogP contribution in [0.1, 0.15) is 37.9 Å². The molecule has 4 nitrogen and oxygen atoms in total. The zero-order valence-corrected chi connectivity index (χ0v) is 11.4. The van der Waals surface area contributed by atoms with E-state index in [1.807, 2.05) is 24.3 Å². The van der Waals surface area contributed by atoms with Crippen LogP contribution in [0.3, 0.4) is 0 Å². The number of aliphatic hydroxyl groups is 1. The summed E-state index contributed by atoms with van der Waals surface area (Å²) in [4.78, 5) is 14.2. The molecule has 0 spiro atoms. The number of anilines is 1. The molecule has 0 aliphatic carbocycles. The Morgan fingerprint density at radius 1 is 1.37 bits per heavy atom. The minimum absolute atomic E-state index is 0.0139. The molecule has 1 aromatic rings. The van der Waals surface area contributed by atoms with Crippen LogP contribution in [0.5, 0.6) is 0 Å².